The minimum atomic E-state index is 0.0869. The first-order valence-corrected chi connectivity index (χ1v) is 6.31. The highest BCUT2D eigenvalue weighted by atomic mass is 35.5. The largest absolute Gasteiger partial charge is 0.396 e. The van der Waals surface area contributed by atoms with Gasteiger partial charge in [0.2, 0.25) is 0 Å². The summed E-state index contributed by atoms with van der Waals surface area (Å²) >= 11 is 12.0. The van der Waals surface area contributed by atoms with E-state index in [0.29, 0.717) is 29.6 Å². The first kappa shape index (κ1) is 14.7. The maximum absolute atomic E-state index is 8.97. The molecular formula is C12H17Cl2NO2. The van der Waals surface area contributed by atoms with Crippen molar-refractivity contribution < 1.29 is 10.2 Å². The van der Waals surface area contributed by atoms with E-state index in [2.05, 4.69) is 0 Å². The highest BCUT2D eigenvalue weighted by Crippen LogP contribution is 2.26. The van der Waals surface area contributed by atoms with Crippen molar-refractivity contribution in [3.63, 3.8) is 0 Å². The van der Waals surface area contributed by atoms with Crippen LogP contribution >= 0.6 is 23.2 Å². The van der Waals surface area contributed by atoms with Gasteiger partial charge < -0.3 is 10.2 Å². The molecule has 96 valence electrons. The van der Waals surface area contributed by atoms with Crippen LogP contribution in [0.1, 0.15) is 12.0 Å². The Morgan fingerprint density at radius 1 is 1.06 bits per heavy atom. The lowest BCUT2D eigenvalue weighted by Gasteiger charge is -2.21. The molecule has 0 aliphatic heterocycles. The van der Waals surface area contributed by atoms with Gasteiger partial charge in [0.05, 0.1) is 16.7 Å². The van der Waals surface area contributed by atoms with Crippen LogP contribution in [0.3, 0.4) is 0 Å². The smallest absolute Gasteiger partial charge is 0.0637 e. The van der Waals surface area contributed by atoms with E-state index in [1.807, 2.05) is 17.0 Å². The van der Waals surface area contributed by atoms with Crippen LogP contribution in [0.25, 0.3) is 0 Å². The molecule has 3 nitrogen and oxygen atoms in total. The van der Waals surface area contributed by atoms with Gasteiger partial charge >= 0.3 is 0 Å². The van der Waals surface area contributed by atoms with E-state index in [0.717, 1.165) is 12.1 Å². The topological polar surface area (TPSA) is 43.7 Å². The quantitative estimate of drug-likeness (QED) is 0.803. The molecule has 17 heavy (non-hydrogen) atoms. The molecule has 0 bridgehead atoms. The molecule has 0 aliphatic rings. The van der Waals surface area contributed by atoms with Crippen molar-refractivity contribution in [1.82, 2.24) is 4.90 Å². The third kappa shape index (κ3) is 4.82. The van der Waals surface area contributed by atoms with Gasteiger partial charge in [-0.25, -0.2) is 0 Å². The van der Waals surface area contributed by atoms with Gasteiger partial charge in [-0.15, -0.1) is 0 Å². The van der Waals surface area contributed by atoms with Crippen LogP contribution in [0.5, 0.6) is 0 Å². The number of nitrogens with zero attached hydrogens (tertiary/aromatic N) is 1. The normalized spacial score (nSPS) is 11.1. The molecule has 0 amide bonds. The van der Waals surface area contributed by atoms with Crippen molar-refractivity contribution in [2.45, 2.75) is 13.0 Å². The van der Waals surface area contributed by atoms with Gasteiger partial charge in [0, 0.05) is 26.2 Å². The number of aliphatic hydroxyl groups is 2. The lowest BCUT2D eigenvalue weighted by Crippen LogP contribution is -2.28. The molecule has 0 saturated heterocycles. The standard InChI is InChI=1S/C12H17Cl2NO2/c13-11-4-1-3-10(12(11)14)9-15(6-8-17)5-2-7-16/h1,3-4,16-17H,2,5-9H2. The molecule has 0 fully saturated rings. The van der Waals surface area contributed by atoms with Gasteiger partial charge in [0.25, 0.3) is 0 Å². The summed E-state index contributed by atoms with van der Waals surface area (Å²) in [7, 11) is 0. The van der Waals surface area contributed by atoms with Gasteiger partial charge in [-0.05, 0) is 18.1 Å². The third-order valence-electron chi connectivity index (χ3n) is 2.47. The van der Waals surface area contributed by atoms with Gasteiger partial charge in [-0.3, -0.25) is 4.90 Å². The predicted molar refractivity (Wildman–Crippen MR) is 70.5 cm³/mol. The zero-order valence-electron chi connectivity index (χ0n) is 9.57. The highest BCUT2D eigenvalue weighted by Gasteiger charge is 2.09. The van der Waals surface area contributed by atoms with E-state index < -0.39 is 0 Å². The Hall–Kier alpha value is -0.320. The van der Waals surface area contributed by atoms with Crippen LogP contribution in [0.2, 0.25) is 10.0 Å². The molecule has 0 radical (unpaired) electrons. The molecule has 1 rings (SSSR count). The van der Waals surface area contributed by atoms with Crippen molar-refractivity contribution in [2.24, 2.45) is 0 Å². The zero-order chi connectivity index (χ0) is 12.7. The Balaban J connectivity index is 2.67. The fraction of sp³-hybridized carbons (Fsp3) is 0.500. The second kappa shape index (κ2) is 7.90. The first-order chi connectivity index (χ1) is 8.19. The van der Waals surface area contributed by atoms with E-state index in [9.17, 15) is 0 Å². The molecule has 0 spiro atoms. The zero-order valence-corrected chi connectivity index (χ0v) is 11.1. The Labute approximate surface area is 112 Å². The monoisotopic (exact) mass is 277 g/mol. The Bertz CT molecular complexity index is 347. The molecule has 1 aromatic rings. The minimum absolute atomic E-state index is 0.0869. The summed E-state index contributed by atoms with van der Waals surface area (Å²) in [6.07, 6.45) is 0.679. The van der Waals surface area contributed by atoms with E-state index >= 15 is 0 Å². The summed E-state index contributed by atoms with van der Waals surface area (Å²) in [4.78, 5) is 2.04. The molecule has 0 heterocycles. The number of aliphatic hydroxyl groups excluding tert-OH is 2. The van der Waals surface area contributed by atoms with Crippen LogP contribution in [0, 0.1) is 0 Å². The first-order valence-electron chi connectivity index (χ1n) is 5.56. The second-order valence-electron chi connectivity index (χ2n) is 3.79. The summed E-state index contributed by atoms with van der Waals surface area (Å²) in [5, 5.41) is 18.9. The Morgan fingerprint density at radius 2 is 1.82 bits per heavy atom. The van der Waals surface area contributed by atoms with Crippen LogP contribution in [-0.2, 0) is 6.54 Å². The number of halogens is 2. The van der Waals surface area contributed by atoms with Crippen LogP contribution in [0.4, 0.5) is 0 Å². The van der Waals surface area contributed by atoms with Gasteiger partial charge in [-0.2, -0.15) is 0 Å². The molecule has 5 heteroatoms. The molecule has 0 aromatic heterocycles. The summed E-state index contributed by atoms with van der Waals surface area (Å²) in [6.45, 7) is 2.14. The lowest BCUT2D eigenvalue weighted by atomic mass is 10.2. The minimum Gasteiger partial charge on any atom is -0.396 e. The molecule has 2 N–H and O–H groups in total. The summed E-state index contributed by atoms with van der Waals surface area (Å²) in [5.41, 5.74) is 0.936. The number of hydrogen-bond acceptors (Lipinski definition) is 3. The van der Waals surface area contributed by atoms with E-state index in [4.69, 9.17) is 33.4 Å². The second-order valence-corrected chi connectivity index (χ2v) is 4.58. The van der Waals surface area contributed by atoms with Gasteiger partial charge in [0.15, 0.2) is 0 Å². The predicted octanol–water partition coefficient (Wildman–Crippen LogP) is 2.17. The van der Waals surface area contributed by atoms with Crippen molar-refractivity contribution >= 4 is 23.2 Å². The van der Waals surface area contributed by atoms with Crippen molar-refractivity contribution in [3.8, 4) is 0 Å². The van der Waals surface area contributed by atoms with Crippen LogP contribution in [-0.4, -0.2) is 41.4 Å². The van der Waals surface area contributed by atoms with Gasteiger partial charge in [-0.1, -0.05) is 35.3 Å². The van der Waals surface area contributed by atoms with Crippen LogP contribution in [0.15, 0.2) is 18.2 Å². The maximum Gasteiger partial charge on any atom is 0.0637 e. The number of hydrogen-bond donors (Lipinski definition) is 2. The average molecular weight is 278 g/mol. The van der Waals surface area contributed by atoms with Crippen molar-refractivity contribution in [1.29, 1.82) is 0 Å². The number of benzene rings is 1. The molecular weight excluding hydrogens is 261 g/mol. The van der Waals surface area contributed by atoms with Crippen molar-refractivity contribution in [2.75, 3.05) is 26.3 Å². The fourth-order valence-electron chi connectivity index (χ4n) is 1.62. The van der Waals surface area contributed by atoms with Crippen molar-refractivity contribution in [3.05, 3.63) is 33.8 Å². The molecule has 1 aromatic carbocycles. The average Bonchev–Trinajstić information content (AvgIpc) is 2.32. The van der Waals surface area contributed by atoms with E-state index in [1.54, 1.807) is 6.07 Å². The number of rotatable bonds is 7. The summed E-state index contributed by atoms with van der Waals surface area (Å²) in [5.74, 6) is 0. The summed E-state index contributed by atoms with van der Waals surface area (Å²) < 4.78 is 0. The Kier molecular flexibility index (Phi) is 6.85. The highest BCUT2D eigenvalue weighted by molar-refractivity contribution is 6.42. The maximum atomic E-state index is 8.97. The van der Waals surface area contributed by atoms with Crippen LogP contribution < -0.4 is 0 Å². The summed E-state index contributed by atoms with van der Waals surface area (Å²) in [6, 6.07) is 5.52. The molecule has 0 atom stereocenters. The molecule has 0 unspecified atom stereocenters. The molecule has 0 aliphatic carbocycles. The fourth-order valence-corrected chi connectivity index (χ4v) is 2.00. The third-order valence-corrected chi connectivity index (χ3v) is 3.33. The molecule has 0 saturated carbocycles. The van der Waals surface area contributed by atoms with Gasteiger partial charge in [0.1, 0.15) is 0 Å². The Morgan fingerprint density at radius 3 is 2.47 bits per heavy atom. The van der Waals surface area contributed by atoms with E-state index in [1.165, 1.54) is 0 Å². The SMILES string of the molecule is OCCCN(CCO)Cc1cccc(Cl)c1Cl. The van der Waals surface area contributed by atoms with E-state index in [-0.39, 0.29) is 13.2 Å². The lowest BCUT2D eigenvalue weighted by molar-refractivity contribution is 0.174.